The molecule has 3 aromatic rings. The minimum absolute atomic E-state index is 0.0124. The smallest absolute Gasteiger partial charge is 0.269 e. The third-order valence-corrected chi connectivity index (χ3v) is 6.37. The van der Waals surface area contributed by atoms with Crippen molar-refractivity contribution in [2.45, 2.75) is 25.7 Å². The molecule has 0 aromatic heterocycles. The molecule has 3 N–H and O–H groups in total. The van der Waals surface area contributed by atoms with Crippen molar-refractivity contribution in [2.24, 2.45) is 0 Å². The number of rotatable bonds is 7. The predicted molar refractivity (Wildman–Crippen MR) is 126 cm³/mol. The van der Waals surface area contributed by atoms with Crippen LogP contribution in [0, 0.1) is 13.8 Å². The van der Waals surface area contributed by atoms with E-state index in [1.165, 1.54) is 24.3 Å². The number of sulfonamides is 1. The van der Waals surface area contributed by atoms with E-state index in [9.17, 15) is 18.0 Å². The van der Waals surface area contributed by atoms with Crippen LogP contribution in [0.5, 0.6) is 5.75 Å². The first-order valence-corrected chi connectivity index (χ1v) is 11.7. The first-order chi connectivity index (χ1) is 15.7. The summed E-state index contributed by atoms with van der Waals surface area (Å²) in [5.74, 6) is -0.441. The summed E-state index contributed by atoms with van der Waals surface area (Å²) in [5.41, 5.74) is 7.47. The van der Waals surface area contributed by atoms with Crippen molar-refractivity contribution in [1.29, 1.82) is 0 Å². The van der Waals surface area contributed by atoms with E-state index in [0.29, 0.717) is 23.6 Å². The van der Waals surface area contributed by atoms with Gasteiger partial charge in [-0.15, -0.1) is 0 Å². The van der Waals surface area contributed by atoms with Gasteiger partial charge in [0.05, 0.1) is 17.2 Å². The summed E-state index contributed by atoms with van der Waals surface area (Å²) in [7, 11) is -3.83. The average molecular weight is 468 g/mol. The van der Waals surface area contributed by atoms with Crippen LogP contribution in [-0.2, 0) is 10.0 Å². The quantitative estimate of drug-likeness (QED) is 0.460. The number of amides is 2. The lowest BCUT2D eigenvalue weighted by Gasteiger charge is -2.12. The molecule has 0 aliphatic rings. The van der Waals surface area contributed by atoms with Gasteiger partial charge in [0, 0.05) is 11.1 Å². The molecule has 2 amide bonds. The highest BCUT2D eigenvalue weighted by molar-refractivity contribution is 7.92. The maximum Gasteiger partial charge on any atom is 0.269 e. The molecule has 33 heavy (non-hydrogen) atoms. The second kappa shape index (κ2) is 10.2. The number of carbonyl (C=O) groups is 2. The monoisotopic (exact) mass is 467 g/mol. The fourth-order valence-corrected chi connectivity index (χ4v) is 4.10. The van der Waals surface area contributed by atoms with Gasteiger partial charge in [-0.05, 0) is 86.5 Å². The molecule has 0 saturated carbocycles. The van der Waals surface area contributed by atoms with Gasteiger partial charge in [0.1, 0.15) is 5.75 Å². The van der Waals surface area contributed by atoms with Crippen LogP contribution in [0.25, 0.3) is 0 Å². The van der Waals surface area contributed by atoms with Crippen LogP contribution < -0.4 is 20.3 Å². The van der Waals surface area contributed by atoms with Crippen molar-refractivity contribution in [1.82, 2.24) is 10.9 Å². The van der Waals surface area contributed by atoms with E-state index >= 15 is 0 Å². The Labute approximate surface area is 193 Å². The maximum atomic E-state index is 12.7. The number of carbonyl (C=O) groups excluding carboxylic acids is 2. The van der Waals surface area contributed by atoms with E-state index in [2.05, 4.69) is 15.6 Å². The molecule has 0 radical (unpaired) electrons. The highest BCUT2D eigenvalue weighted by Gasteiger charge is 2.17. The molecule has 0 bridgehead atoms. The third kappa shape index (κ3) is 5.89. The average Bonchev–Trinajstić information content (AvgIpc) is 2.81. The van der Waals surface area contributed by atoms with Crippen molar-refractivity contribution in [3.05, 3.63) is 89.0 Å². The number of anilines is 1. The van der Waals surface area contributed by atoms with Gasteiger partial charge in [-0.3, -0.25) is 25.2 Å². The molecule has 0 saturated heterocycles. The Morgan fingerprint density at radius 2 is 1.36 bits per heavy atom. The minimum Gasteiger partial charge on any atom is -0.494 e. The Bertz CT molecular complexity index is 1250. The zero-order chi connectivity index (χ0) is 24.0. The van der Waals surface area contributed by atoms with Gasteiger partial charge in [-0.2, -0.15) is 0 Å². The molecule has 8 nitrogen and oxygen atoms in total. The van der Waals surface area contributed by atoms with Gasteiger partial charge in [-0.1, -0.05) is 12.1 Å². The third-order valence-electron chi connectivity index (χ3n) is 4.99. The van der Waals surface area contributed by atoms with E-state index in [4.69, 9.17) is 4.74 Å². The predicted octanol–water partition coefficient (Wildman–Crippen LogP) is 3.58. The highest BCUT2D eigenvalue weighted by Crippen LogP contribution is 2.22. The molecule has 0 spiro atoms. The first-order valence-electron chi connectivity index (χ1n) is 10.2. The zero-order valence-corrected chi connectivity index (χ0v) is 19.3. The second-order valence-electron chi connectivity index (χ2n) is 7.24. The standard InChI is InChI=1S/C24H25N3O5S/c1-4-32-20-12-8-18(9-13-20)23(28)25-26-24(29)19-10-14-21(15-11-19)33(30,31)27-22-7-5-6-16(2)17(22)3/h5-15,27H,4H2,1-3H3,(H,25,28)(H,26,29). The van der Waals surface area contributed by atoms with Gasteiger partial charge in [-0.25, -0.2) is 8.42 Å². The van der Waals surface area contributed by atoms with Gasteiger partial charge in [0.25, 0.3) is 21.8 Å². The van der Waals surface area contributed by atoms with Crippen LogP contribution in [-0.4, -0.2) is 26.8 Å². The molecule has 0 unspecified atom stereocenters. The van der Waals surface area contributed by atoms with E-state index in [0.717, 1.165) is 11.1 Å². The van der Waals surface area contributed by atoms with E-state index in [1.807, 2.05) is 26.8 Å². The molecule has 0 heterocycles. The Hall–Kier alpha value is -3.85. The summed E-state index contributed by atoms with van der Waals surface area (Å²) in [4.78, 5) is 24.6. The SMILES string of the molecule is CCOc1ccc(C(=O)NNC(=O)c2ccc(S(=O)(=O)Nc3cccc(C)c3C)cc2)cc1. The Kier molecular flexibility index (Phi) is 7.34. The van der Waals surface area contributed by atoms with E-state index < -0.39 is 21.8 Å². The number of nitrogens with one attached hydrogen (secondary N) is 3. The van der Waals surface area contributed by atoms with Crippen molar-refractivity contribution in [2.75, 3.05) is 11.3 Å². The number of benzene rings is 3. The summed E-state index contributed by atoms with van der Waals surface area (Å²) in [6.07, 6.45) is 0. The number of hydrogen-bond donors (Lipinski definition) is 3. The second-order valence-corrected chi connectivity index (χ2v) is 8.93. The fourth-order valence-electron chi connectivity index (χ4n) is 2.98. The largest absolute Gasteiger partial charge is 0.494 e. The van der Waals surface area contributed by atoms with E-state index in [-0.39, 0.29) is 10.5 Å². The normalized spacial score (nSPS) is 10.9. The van der Waals surface area contributed by atoms with Gasteiger partial charge < -0.3 is 4.74 Å². The maximum absolute atomic E-state index is 12.7. The molecule has 0 fully saturated rings. The summed E-state index contributed by atoms with van der Waals surface area (Å²) in [5, 5.41) is 0. The van der Waals surface area contributed by atoms with Crippen LogP contribution in [0.1, 0.15) is 38.8 Å². The molecular weight excluding hydrogens is 442 g/mol. The molecule has 0 atom stereocenters. The van der Waals surface area contributed by atoms with Crippen molar-refractivity contribution in [3.8, 4) is 5.75 Å². The Balaban J connectivity index is 1.62. The van der Waals surface area contributed by atoms with Crippen LogP contribution in [0.15, 0.2) is 71.6 Å². The summed E-state index contributed by atoms with van der Waals surface area (Å²) < 4.78 is 33.3. The number of hydrazine groups is 1. The van der Waals surface area contributed by atoms with Gasteiger partial charge in [0.15, 0.2) is 0 Å². The van der Waals surface area contributed by atoms with Crippen molar-refractivity contribution in [3.63, 3.8) is 0 Å². The Morgan fingerprint density at radius 1 is 0.818 bits per heavy atom. The lowest BCUT2D eigenvalue weighted by Crippen LogP contribution is -2.41. The van der Waals surface area contributed by atoms with Crippen molar-refractivity contribution >= 4 is 27.5 Å². The topological polar surface area (TPSA) is 114 Å². The van der Waals surface area contributed by atoms with E-state index in [1.54, 1.807) is 36.4 Å². The molecule has 3 rings (SSSR count). The van der Waals surface area contributed by atoms with Crippen LogP contribution in [0.3, 0.4) is 0 Å². The molecule has 9 heteroatoms. The summed E-state index contributed by atoms with van der Waals surface area (Å²) in [6.45, 7) is 6.11. The number of hydrogen-bond acceptors (Lipinski definition) is 5. The molecule has 0 aliphatic carbocycles. The lowest BCUT2D eigenvalue weighted by atomic mass is 10.1. The van der Waals surface area contributed by atoms with Crippen molar-refractivity contribution < 1.29 is 22.7 Å². The molecule has 0 aliphatic heterocycles. The minimum atomic E-state index is -3.83. The van der Waals surface area contributed by atoms with Crippen LogP contribution in [0.4, 0.5) is 5.69 Å². The van der Waals surface area contributed by atoms with Crippen LogP contribution >= 0.6 is 0 Å². The van der Waals surface area contributed by atoms with Gasteiger partial charge in [0.2, 0.25) is 0 Å². The van der Waals surface area contributed by atoms with Crippen LogP contribution in [0.2, 0.25) is 0 Å². The Morgan fingerprint density at radius 3 is 1.91 bits per heavy atom. The number of ether oxygens (including phenoxy) is 1. The zero-order valence-electron chi connectivity index (χ0n) is 18.5. The summed E-state index contributed by atoms with van der Waals surface area (Å²) >= 11 is 0. The molecule has 172 valence electrons. The first kappa shape index (κ1) is 23.8. The molecule has 3 aromatic carbocycles. The fraction of sp³-hybridized carbons (Fsp3) is 0.167. The highest BCUT2D eigenvalue weighted by atomic mass is 32.2. The molecular formula is C24H25N3O5S. The summed E-state index contributed by atoms with van der Waals surface area (Å²) in [6, 6.07) is 17.2. The van der Waals surface area contributed by atoms with Gasteiger partial charge >= 0.3 is 0 Å². The number of aryl methyl sites for hydroxylation is 1. The lowest BCUT2D eigenvalue weighted by molar-refractivity contribution is 0.0846.